The molecule has 0 aliphatic rings. The third-order valence-electron chi connectivity index (χ3n) is 2.67. The topological polar surface area (TPSA) is 12.0 Å². The van der Waals surface area contributed by atoms with Crippen LogP contribution in [0.1, 0.15) is 18.5 Å². The molecule has 0 aliphatic carbocycles. The Morgan fingerprint density at radius 1 is 1.06 bits per heavy atom. The smallest absolute Gasteiger partial charge is 0.0638 e. The van der Waals surface area contributed by atoms with Gasteiger partial charge in [0.2, 0.25) is 0 Å². The average Bonchev–Trinajstić information content (AvgIpc) is 2.34. The second kappa shape index (κ2) is 5.96. The van der Waals surface area contributed by atoms with E-state index in [0.29, 0.717) is 10.0 Å². The van der Waals surface area contributed by atoms with Crippen LogP contribution in [0.3, 0.4) is 0 Å². The van der Waals surface area contributed by atoms with Crippen LogP contribution in [0.5, 0.6) is 0 Å². The predicted molar refractivity (Wildman–Crippen MR) is 82.6 cm³/mol. The molecule has 0 spiro atoms. The van der Waals surface area contributed by atoms with Crippen LogP contribution in [0, 0.1) is 0 Å². The van der Waals surface area contributed by atoms with E-state index in [2.05, 4.69) is 40.3 Å². The number of halogens is 3. The van der Waals surface area contributed by atoms with E-state index in [1.807, 2.05) is 18.2 Å². The predicted octanol–water partition coefficient (Wildman–Crippen LogP) is 5.93. The SMILES string of the molecule is CC(Nc1cc(Cl)ccc1Cl)c1ccc(Br)cc1. The van der Waals surface area contributed by atoms with E-state index < -0.39 is 0 Å². The second-order valence-electron chi connectivity index (χ2n) is 4.04. The Morgan fingerprint density at radius 3 is 2.39 bits per heavy atom. The molecule has 0 aromatic heterocycles. The van der Waals surface area contributed by atoms with Crippen molar-refractivity contribution in [2.24, 2.45) is 0 Å². The minimum Gasteiger partial charge on any atom is -0.377 e. The van der Waals surface area contributed by atoms with Crippen LogP contribution in [0.15, 0.2) is 46.9 Å². The summed E-state index contributed by atoms with van der Waals surface area (Å²) in [6.45, 7) is 2.08. The normalized spacial score (nSPS) is 12.2. The minimum atomic E-state index is 0.161. The summed E-state index contributed by atoms with van der Waals surface area (Å²) in [6.07, 6.45) is 0. The standard InChI is InChI=1S/C14H12BrCl2N/c1-9(10-2-4-11(15)5-3-10)18-14-8-12(16)6-7-13(14)17/h2-9,18H,1H3. The van der Waals surface area contributed by atoms with E-state index in [-0.39, 0.29) is 6.04 Å². The van der Waals surface area contributed by atoms with Gasteiger partial charge in [-0.25, -0.2) is 0 Å². The number of benzene rings is 2. The molecule has 1 atom stereocenters. The van der Waals surface area contributed by atoms with Crippen LogP contribution < -0.4 is 5.32 Å². The van der Waals surface area contributed by atoms with Gasteiger partial charge in [-0.15, -0.1) is 0 Å². The van der Waals surface area contributed by atoms with E-state index in [1.54, 1.807) is 12.1 Å². The molecular formula is C14H12BrCl2N. The third-order valence-corrected chi connectivity index (χ3v) is 3.76. The minimum absolute atomic E-state index is 0.161. The lowest BCUT2D eigenvalue weighted by molar-refractivity contribution is 0.884. The molecule has 0 fully saturated rings. The van der Waals surface area contributed by atoms with Gasteiger partial charge in [0.15, 0.2) is 0 Å². The fourth-order valence-corrected chi connectivity index (χ4v) is 2.28. The van der Waals surface area contributed by atoms with Crippen molar-refractivity contribution in [3.8, 4) is 0 Å². The first-order valence-corrected chi connectivity index (χ1v) is 7.08. The maximum Gasteiger partial charge on any atom is 0.0638 e. The molecule has 0 heterocycles. The van der Waals surface area contributed by atoms with Gasteiger partial charge < -0.3 is 5.32 Å². The van der Waals surface area contributed by atoms with Crippen LogP contribution in [-0.4, -0.2) is 0 Å². The van der Waals surface area contributed by atoms with Gasteiger partial charge in [0.25, 0.3) is 0 Å². The number of rotatable bonds is 3. The zero-order chi connectivity index (χ0) is 13.1. The molecule has 18 heavy (non-hydrogen) atoms. The van der Waals surface area contributed by atoms with Crippen molar-refractivity contribution in [2.45, 2.75) is 13.0 Å². The van der Waals surface area contributed by atoms with Gasteiger partial charge in [0.05, 0.1) is 10.7 Å². The summed E-state index contributed by atoms with van der Waals surface area (Å²) in [5, 5.41) is 4.70. The van der Waals surface area contributed by atoms with Crippen molar-refractivity contribution >= 4 is 44.8 Å². The summed E-state index contributed by atoms with van der Waals surface area (Å²) in [7, 11) is 0. The fraction of sp³-hybridized carbons (Fsp3) is 0.143. The molecule has 2 rings (SSSR count). The molecule has 0 radical (unpaired) electrons. The Balaban J connectivity index is 2.18. The van der Waals surface area contributed by atoms with Crippen LogP contribution in [0.4, 0.5) is 5.69 Å². The molecule has 0 saturated carbocycles. The first kappa shape index (κ1) is 13.7. The van der Waals surface area contributed by atoms with Crippen LogP contribution in [0.25, 0.3) is 0 Å². The molecule has 0 amide bonds. The van der Waals surface area contributed by atoms with Gasteiger partial charge in [0, 0.05) is 15.5 Å². The summed E-state index contributed by atoms with van der Waals surface area (Å²) in [5.74, 6) is 0. The van der Waals surface area contributed by atoms with Gasteiger partial charge in [-0.05, 0) is 42.8 Å². The zero-order valence-electron chi connectivity index (χ0n) is 9.75. The molecule has 0 bridgehead atoms. The van der Waals surface area contributed by atoms with E-state index in [0.717, 1.165) is 10.2 Å². The highest BCUT2D eigenvalue weighted by molar-refractivity contribution is 9.10. The molecular weight excluding hydrogens is 333 g/mol. The summed E-state index contributed by atoms with van der Waals surface area (Å²) in [5.41, 5.74) is 2.04. The van der Waals surface area contributed by atoms with Crippen molar-refractivity contribution in [2.75, 3.05) is 5.32 Å². The average molecular weight is 345 g/mol. The van der Waals surface area contributed by atoms with Crippen molar-refractivity contribution in [3.05, 3.63) is 62.5 Å². The third kappa shape index (κ3) is 3.41. The number of hydrogen-bond acceptors (Lipinski definition) is 1. The summed E-state index contributed by atoms with van der Waals surface area (Å²) in [4.78, 5) is 0. The molecule has 1 N–H and O–H groups in total. The van der Waals surface area contributed by atoms with Crippen LogP contribution >= 0.6 is 39.1 Å². The van der Waals surface area contributed by atoms with Gasteiger partial charge in [-0.3, -0.25) is 0 Å². The monoisotopic (exact) mass is 343 g/mol. The van der Waals surface area contributed by atoms with Crippen molar-refractivity contribution in [3.63, 3.8) is 0 Å². The first-order valence-electron chi connectivity index (χ1n) is 5.53. The van der Waals surface area contributed by atoms with Crippen molar-refractivity contribution < 1.29 is 0 Å². The Labute approximate surface area is 125 Å². The Kier molecular flexibility index (Phi) is 4.55. The van der Waals surface area contributed by atoms with Gasteiger partial charge in [-0.1, -0.05) is 51.3 Å². The largest absolute Gasteiger partial charge is 0.377 e. The highest BCUT2D eigenvalue weighted by Gasteiger charge is 2.08. The van der Waals surface area contributed by atoms with E-state index in [1.165, 1.54) is 5.56 Å². The Hall–Kier alpha value is -0.700. The Bertz CT molecular complexity index is 540. The molecule has 0 aliphatic heterocycles. The highest BCUT2D eigenvalue weighted by Crippen LogP contribution is 2.29. The lowest BCUT2D eigenvalue weighted by Gasteiger charge is -2.17. The lowest BCUT2D eigenvalue weighted by atomic mass is 10.1. The van der Waals surface area contributed by atoms with Crippen molar-refractivity contribution in [1.29, 1.82) is 0 Å². The van der Waals surface area contributed by atoms with Crippen LogP contribution in [0.2, 0.25) is 10.0 Å². The van der Waals surface area contributed by atoms with E-state index >= 15 is 0 Å². The van der Waals surface area contributed by atoms with Crippen molar-refractivity contribution in [1.82, 2.24) is 0 Å². The molecule has 1 unspecified atom stereocenters. The van der Waals surface area contributed by atoms with E-state index in [4.69, 9.17) is 23.2 Å². The zero-order valence-corrected chi connectivity index (χ0v) is 12.9. The molecule has 2 aromatic rings. The van der Waals surface area contributed by atoms with Gasteiger partial charge in [-0.2, -0.15) is 0 Å². The number of hydrogen-bond donors (Lipinski definition) is 1. The fourth-order valence-electron chi connectivity index (χ4n) is 1.68. The number of anilines is 1. The summed E-state index contributed by atoms with van der Waals surface area (Å²) in [6, 6.07) is 13.7. The first-order chi connectivity index (χ1) is 8.56. The summed E-state index contributed by atoms with van der Waals surface area (Å²) >= 11 is 15.5. The molecule has 0 saturated heterocycles. The highest BCUT2D eigenvalue weighted by atomic mass is 79.9. The van der Waals surface area contributed by atoms with Crippen LogP contribution in [-0.2, 0) is 0 Å². The maximum absolute atomic E-state index is 6.12. The lowest BCUT2D eigenvalue weighted by Crippen LogP contribution is -2.06. The van der Waals surface area contributed by atoms with Gasteiger partial charge >= 0.3 is 0 Å². The molecule has 4 heteroatoms. The quantitative estimate of drug-likeness (QED) is 0.727. The second-order valence-corrected chi connectivity index (χ2v) is 5.80. The molecule has 2 aromatic carbocycles. The Morgan fingerprint density at radius 2 is 1.72 bits per heavy atom. The maximum atomic E-state index is 6.12. The molecule has 1 nitrogen and oxygen atoms in total. The summed E-state index contributed by atoms with van der Waals surface area (Å²) < 4.78 is 1.07. The van der Waals surface area contributed by atoms with Gasteiger partial charge in [0.1, 0.15) is 0 Å². The molecule has 94 valence electrons. The number of nitrogens with one attached hydrogen (secondary N) is 1. The van der Waals surface area contributed by atoms with E-state index in [9.17, 15) is 0 Å².